The van der Waals surface area contributed by atoms with Crippen LogP contribution in [0.25, 0.3) is 0 Å². The van der Waals surface area contributed by atoms with Gasteiger partial charge in [0.1, 0.15) is 11.8 Å². The van der Waals surface area contributed by atoms with Gasteiger partial charge in [0.15, 0.2) is 0 Å². The standard InChI is InChI=1S/C22H29N3O3/c1-15(2)23-20(26)14-25(4)21(17-9-7-6-8-10-17)22(27)24-18-13-16(3)11-12-19(18)28-5/h6-13,15,21H,14H2,1-5H3,(H,23,26)(H,24,27)/t21-/m0/s1. The Morgan fingerprint density at radius 2 is 1.79 bits per heavy atom. The second-order valence-electron chi connectivity index (χ2n) is 7.14. The van der Waals surface area contributed by atoms with Crippen molar-refractivity contribution >= 4 is 17.5 Å². The number of ether oxygens (including phenoxy) is 1. The third-order valence-electron chi connectivity index (χ3n) is 4.26. The molecule has 2 N–H and O–H groups in total. The minimum absolute atomic E-state index is 0.0430. The summed E-state index contributed by atoms with van der Waals surface area (Å²) in [5.41, 5.74) is 2.43. The molecule has 1 atom stereocenters. The maximum Gasteiger partial charge on any atom is 0.246 e. The molecule has 2 rings (SSSR count). The number of nitrogens with zero attached hydrogens (tertiary/aromatic N) is 1. The first kappa shape index (κ1) is 21.4. The van der Waals surface area contributed by atoms with Gasteiger partial charge in [0.25, 0.3) is 0 Å². The lowest BCUT2D eigenvalue weighted by Crippen LogP contribution is -2.43. The first-order chi connectivity index (χ1) is 13.3. The summed E-state index contributed by atoms with van der Waals surface area (Å²) in [7, 11) is 3.34. The number of anilines is 1. The number of nitrogens with one attached hydrogen (secondary N) is 2. The van der Waals surface area contributed by atoms with Gasteiger partial charge >= 0.3 is 0 Å². The lowest BCUT2D eigenvalue weighted by molar-refractivity contribution is -0.125. The van der Waals surface area contributed by atoms with E-state index in [0.29, 0.717) is 11.4 Å². The van der Waals surface area contributed by atoms with Gasteiger partial charge < -0.3 is 15.4 Å². The van der Waals surface area contributed by atoms with E-state index in [0.717, 1.165) is 11.1 Å². The van der Waals surface area contributed by atoms with Gasteiger partial charge in [-0.15, -0.1) is 0 Å². The topological polar surface area (TPSA) is 70.7 Å². The molecule has 0 saturated carbocycles. The molecular formula is C22H29N3O3. The molecule has 2 amide bonds. The zero-order valence-corrected chi connectivity index (χ0v) is 17.2. The molecule has 0 aliphatic carbocycles. The van der Waals surface area contributed by atoms with Gasteiger partial charge in [-0.2, -0.15) is 0 Å². The summed E-state index contributed by atoms with van der Waals surface area (Å²) in [5, 5.41) is 5.82. The fraction of sp³-hybridized carbons (Fsp3) is 0.364. The van der Waals surface area contributed by atoms with E-state index >= 15 is 0 Å². The van der Waals surface area contributed by atoms with Gasteiger partial charge in [-0.3, -0.25) is 14.5 Å². The summed E-state index contributed by atoms with van der Waals surface area (Å²) >= 11 is 0. The molecule has 6 heteroatoms. The van der Waals surface area contributed by atoms with Crippen LogP contribution in [0.1, 0.15) is 31.0 Å². The molecule has 0 spiro atoms. The van der Waals surface area contributed by atoms with Crippen molar-refractivity contribution in [2.75, 3.05) is 26.0 Å². The highest BCUT2D eigenvalue weighted by Gasteiger charge is 2.27. The van der Waals surface area contributed by atoms with Gasteiger partial charge in [-0.05, 0) is 51.1 Å². The van der Waals surface area contributed by atoms with Gasteiger partial charge in [-0.25, -0.2) is 0 Å². The largest absolute Gasteiger partial charge is 0.495 e. The molecule has 0 bridgehead atoms. The number of hydrogen-bond acceptors (Lipinski definition) is 4. The van der Waals surface area contributed by atoms with Crippen LogP contribution in [-0.4, -0.2) is 43.5 Å². The van der Waals surface area contributed by atoms with Gasteiger partial charge in [0.2, 0.25) is 11.8 Å². The van der Waals surface area contributed by atoms with Crippen molar-refractivity contribution in [3.05, 3.63) is 59.7 Å². The maximum atomic E-state index is 13.2. The van der Waals surface area contributed by atoms with Crippen LogP contribution in [0.15, 0.2) is 48.5 Å². The minimum Gasteiger partial charge on any atom is -0.495 e. The summed E-state index contributed by atoms with van der Waals surface area (Å²) in [6.45, 7) is 5.87. The Balaban J connectivity index is 2.28. The van der Waals surface area contributed by atoms with Crippen LogP contribution in [0.2, 0.25) is 0 Å². The number of likely N-dealkylation sites (N-methyl/N-ethyl adjacent to an activating group) is 1. The second-order valence-corrected chi connectivity index (χ2v) is 7.14. The van der Waals surface area contributed by atoms with Gasteiger partial charge in [0, 0.05) is 6.04 Å². The predicted octanol–water partition coefficient (Wildman–Crippen LogP) is 3.14. The van der Waals surface area contributed by atoms with Crippen LogP contribution in [0.5, 0.6) is 5.75 Å². The smallest absolute Gasteiger partial charge is 0.246 e. The summed E-state index contributed by atoms with van der Waals surface area (Å²) in [5.74, 6) is 0.236. The Bertz CT molecular complexity index is 806. The Morgan fingerprint density at radius 3 is 2.39 bits per heavy atom. The number of aryl methyl sites for hydroxylation is 1. The summed E-state index contributed by atoms with van der Waals surface area (Å²) in [6.07, 6.45) is 0. The van der Waals surface area contributed by atoms with E-state index < -0.39 is 6.04 Å². The average Bonchev–Trinajstić information content (AvgIpc) is 2.62. The number of methoxy groups -OCH3 is 1. The Labute approximate surface area is 166 Å². The highest BCUT2D eigenvalue weighted by Crippen LogP contribution is 2.28. The molecule has 0 unspecified atom stereocenters. The molecule has 2 aromatic carbocycles. The first-order valence-corrected chi connectivity index (χ1v) is 9.32. The zero-order valence-electron chi connectivity index (χ0n) is 17.2. The highest BCUT2D eigenvalue weighted by atomic mass is 16.5. The minimum atomic E-state index is -0.621. The summed E-state index contributed by atoms with van der Waals surface area (Å²) in [4.78, 5) is 27.2. The fourth-order valence-corrected chi connectivity index (χ4v) is 3.05. The molecule has 150 valence electrons. The monoisotopic (exact) mass is 383 g/mol. The van der Waals surface area contributed by atoms with Crippen LogP contribution in [0.3, 0.4) is 0 Å². The third-order valence-corrected chi connectivity index (χ3v) is 4.26. The van der Waals surface area contributed by atoms with Gasteiger partial charge in [0.05, 0.1) is 19.3 Å². The van der Waals surface area contributed by atoms with E-state index in [4.69, 9.17) is 4.74 Å². The van der Waals surface area contributed by atoms with Crippen molar-refractivity contribution in [2.24, 2.45) is 0 Å². The van der Waals surface area contributed by atoms with Crippen LogP contribution in [-0.2, 0) is 9.59 Å². The van der Waals surface area contributed by atoms with Crippen LogP contribution in [0.4, 0.5) is 5.69 Å². The lowest BCUT2D eigenvalue weighted by Gasteiger charge is -2.27. The fourth-order valence-electron chi connectivity index (χ4n) is 3.05. The van der Waals surface area contributed by atoms with Crippen LogP contribution < -0.4 is 15.4 Å². The molecule has 0 fully saturated rings. The SMILES string of the molecule is COc1ccc(C)cc1NC(=O)[C@H](c1ccccc1)N(C)CC(=O)NC(C)C. The molecule has 0 aliphatic rings. The molecule has 0 heterocycles. The summed E-state index contributed by atoms with van der Waals surface area (Å²) in [6, 6.07) is 14.5. The molecule has 0 radical (unpaired) electrons. The highest BCUT2D eigenvalue weighted by molar-refractivity contribution is 5.97. The molecule has 0 aromatic heterocycles. The molecule has 0 saturated heterocycles. The zero-order chi connectivity index (χ0) is 20.7. The molecule has 6 nitrogen and oxygen atoms in total. The molecule has 0 aliphatic heterocycles. The molecular weight excluding hydrogens is 354 g/mol. The lowest BCUT2D eigenvalue weighted by atomic mass is 10.0. The van der Waals surface area contributed by atoms with Crippen LogP contribution >= 0.6 is 0 Å². The van der Waals surface area contributed by atoms with Gasteiger partial charge in [-0.1, -0.05) is 36.4 Å². The Hall–Kier alpha value is -2.86. The van der Waals surface area contributed by atoms with E-state index in [1.165, 1.54) is 0 Å². The number of carbonyl (C=O) groups excluding carboxylic acids is 2. The molecule has 2 aromatic rings. The van der Waals surface area contributed by atoms with Crippen molar-refractivity contribution < 1.29 is 14.3 Å². The number of carbonyl (C=O) groups is 2. The average molecular weight is 383 g/mol. The van der Waals surface area contributed by atoms with E-state index in [-0.39, 0.29) is 24.4 Å². The van der Waals surface area contributed by atoms with E-state index in [1.807, 2.05) is 69.3 Å². The third kappa shape index (κ3) is 5.82. The summed E-state index contributed by atoms with van der Waals surface area (Å²) < 4.78 is 5.36. The number of benzene rings is 2. The number of hydrogen-bond donors (Lipinski definition) is 2. The number of rotatable bonds is 8. The Morgan fingerprint density at radius 1 is 1.11 bits per heavy atom. The van der Waals surface area contributed by atoms with Crippen molar-refractivity contribution in [3.8, 4) is 5.75 Å². The van der Waals surface area contributed by atoms with E-state index in [9.17, 15) is 9.59 Å². The normalized spacial score (nSPS) is 12.0. The van der Waals surface area contributed by atoms with Crippen molar-refractivity contribution in [3.63, 3.8) is 0 Å². The van der Waals surface area contributed by atoms with E-state index in [1.54, 1.807) is 19.1 Å². The van der Waals surface area contributed by atoms with Crippen molar-refractivity contribution in [1.82, 2.24) is 10.2 Å². The number of amides is 2. The first-order valence-electron chi connectivity index (χ1n) is 9.32. The van der Waals surface area contributed by atoms with E-state index in [2.05, 4.69) is 10.6 Å². The quantitative estimate of drug-likeness (QED) is 0.735. The molecule has 28 heavy (non-hydrogen) atoms. The second kappa shape index (κ2) is 9.90. The predicted molar refractivity (Wildman–Crippen MR) is 111 cm³/mol. The van der Waals surface area contributed by atoms with Crippen molar-refractivity contribution in [1.29, 1.82) is 0 Å². The van der Waals surface area contributed by atoms with Crippen molar-refractivity contribution in [2.45, 2.75) is 32.9 Å². The maximum absolute atomic E-state index is 13.2. The Kier molecular flexibility index (Phi) is 7.58. The van der Waals surface area contributed by atoms with Crippen LogP contribution in [0, 0.1) is 6.92 Å².